The van der Waals surface area contributed by atoms with Crippen LogP contribution in [0.15, 0.2) is 23.8 Å². The molecular formula is C18H28N2O2. The normalized spacial score (nSPS) is 28.7. The first-order chi connectivity index (χ1) is 10.4. The monoisotopic (exact) mass is 304 g/mol. The Morgan fingerprint density at radius 3 is 2.86 bits per heavy atom. The Kier molecular flexibility index (Phi) is 4.31. The first-order valence-corrected chi connectivity index (χ1v) is 8.49. The predicted molar refractivity (Wildman–Crippen MR) is 87.7 cm³/mol. The van der Waals surface area contributed by atoms with E-state index in [1.807, 2.05) is 25.7 Å². The molecule has 0 aromatic carbocycles. The van der Waals surface area contributed by atoms with Crippen LogP contribution >= 0.6 is 0 Å². The Bertz CT molecular complexity index is 490. The minimum Gasteiger partial charge on any atom is -0.444 e. The minimum absolute atomic E-state index is 0.137. The number of fused-ring (bicyclic) bond motifs is 1. The zero-order valence-corrected chi connectivity index (χ0v) is 14.0. The fourth-order valence-corrected chi connectivity index (χ4v) is 3.80. The van der Waals surface area contributed by atoms with Crippen molar-refractivity contribution < 1.29 is 9.53 Å². The summed E-state index contributed by atoms with van der Waals surface area (Å²) in [4.78, 5) is 16.8. The molecule has 0 N–H and O–H groups in total. The van der Waals surface area contributed by atoms with Crippen LogP contribution in [0.25, 0.3) is 0 Å². The predicted octanol–water partition coefficient (Wildman–Crippen LogP) is 3.20. The van der Waals surface area contributed by atoms with E-state index >= 15 is 0 Å². The van der Waals surface area contributed by atoms with E-state index in [-0.39, 0.29) is 6.09 Å². The highest BCUT2D eigenvalue weighted by Crippen LogP contribution is 2.33. The summed E-state index contributed by atoms with van der Waals surface area (Å²) in [6, 6.07) is 0.342. The average Bonchev–Trinajstić information content (AvgIpc) is 2.97. The summed E-state index contributed by atoms with van der Waals surface area (Å²) in [7, 11) is 0. The Morgan fingerprint density at radius 2 is 2.18 bits per heavy atom. The third-order valence-corrected chi connectivity index (χ3v) is 4.78. The molecule has 0 saturated carbocycles. The molecule has 3 aliphatic rings. The lowest BCUT2D eigenvalue weighted by molar-refractivity contribution is 0.0219. The van der Waals surface area contributed by atoms with Gasteiger partial charge in [-0.3, -0.25) is 4.90 Å². The summed E-state index contributed by atoms with van der Waals surface area (Å²) >= 11 is 0. The molecule has 0 aromatic heterocycles. The van der Waals surface area contributed by atoms with Crippen LogP contribution in [0.5, 0.6) is 0 Å². The molecule has 2 unspecified atom stereocenters. The molecule has 4 heteroatoms. The number of carbonyl (C=O) groups is 1. The van der Waals surface area contributed by atoms with Crippen molar-refractivity contribution in [3.8, 4) is 0 Å². The molecule has 3 rings (SSSR count). The quantitative estimate of drug-likeness (QED) is 0.785. The zero-order valence-electron chi connectivity index (χ0n) is 14.0. The smallest absolute Gasteiger partial charge is 0.410 e. The average molecular weight is 304 g/mol. The third kappa shape index (κ3) is 3.54. The molecule has 0 bridgehead atoms. The van der Waals surface area contributed by atoms with Crippen molar-refractivity contribution in [2.75, 3.05) is 26.2 Å². The summed E-state index contributed by atoms with van der Waals surface area (Å²) in [5.74, 6) is 0.618. The molecule has 1 amide bonds. The van der Waals surface area contributed by atoms with Gasteiger partial charge < -0.3 is 9.64 Å². The Labute approximate surface area is 133 Å². The van der Waals surface area contributed by atoms with E-state index in [9.17, 15) is 4.79 Å². The van der Waals surface area contributed by atoms with Crippen LogP contribution in [0, 0.1) is 5.92 Å². The number of nitrogens with zero attached hydrogens (tertiary/aromatic N) is 2. The highest BCUT2D eigenvalue weighted by molar-refractivity contribution is 5.69. The summed E-state index contributed by atoms with van der Waals surface area (Å²) < 4.78 is 5.56. The maximum atomic E-state index is 12.4. The largest absolute Gasteiger partial charge is 0.444 e. The van der Waals surface area contributed by atoms with Crippen molar-refractivity contribution in [3.05, 3.63) is 23.8 Å². The van der Waals surface area contributed by atoms with Crippen LogP contribution in [0.4, 0.5) is 4.79 Å². The van der Waals surface area contributed by atoms with E-state index in [0.29, 0.717) is 12.0 Å². The van der Waals surface area contributed by atoms with Crippen molar-refractivity contribution in [1.82, 2.24) is 9.80 Å². The van der Waals surface area contributed by atoms with E-state index in [4.69, 9.17) is 4.74 Å². The van der Waals surface area contributed by atoms with Crippen molar-refractivity contribution in [1.29, 1.82) is 0 Å². The van der Waals surface area contributed by atoms with Gasteiger partial charge in [-0.05, 0) is 46.0 Å². The van der Waals surface area contributed by atoms with Crippen molar-refractivity contribution in [3.63, 3.8) is 0 Å². The molecule has 2 saturated heterocycles. The first kappa shape index (κ1) is 15.6. The second-order valence-electron chi connectivity index (χ2n) is 7.78. The van der Waals surface area contributed by atoms with Crippen LogP contribution in [0.3, 0.4) is 0 Å². The molecule has 0 aromatic rings. The Morgan fingerprint density at radius 1 is 1.36 bits per heavy atom. The van der Waals surface area contributed by atoms with E-state index in [1.54, 1.807) is 0 Å². The Hall–Kier alpha value is -1.29. The summed E-state index contributed by atoms with van der Waals surface area (Å²) in [6.07, 6.45) is 9.97. The number of hydrogen-bond donors (Lipinski definition) is 0. The second kappa shape index (κ2) is 6.07. The number of amides is 1. The van der Waals surface area contributed by atoms with Gasteiger partial charge in [0.1, 0.15) is 5.60 Å². The molecule has 2 heterocycles. The first-order valence-electron chi connectivity index (χ1n) is 8.49. The van der Waals surface area contributed by atoms with Crippen LogP contribution in [0.2, 0.25) is 0 Å². The molecule has 0 radical (unpaired) electrons. The molecule has 122 valence electrons. The van der Waals surface area contributed by atoms with Crippen molar-refractivity contribution in [2.24, 2.45) is 5.92 Å². The summed E-state index contributed by atoms with van der Waals surface area (Å²) in [6.45, 7) is 9.81. The SMILES string of the molecule is CC(C)(C)OC(=O)N1CCC2CN(CC3=CC=CCC3)CC21. The lowest BCUT2D eigenvalue weighted by atomic mass is 10.0. The van der Waals surface area contributed by atoms with Gasteiger partial charge in [0, 0.05) is 26.2 Å². The van der Waals surface area contributed by atoms with Gasteiger partial charge in [0.05, 0.1) is 6.04 Å². The number of ether oxygens (including phenoxy) is 1. The number of hydrogen-bond acceptors (Lipinski definition) is 3. The van der Waals surface area contributed by atoms with Crippen molar-refractivity contribution >= 4 is 6.09 Å². The van der Waals surface area contributed by atoms with Gasteiger partial charge in [-0.2, -0.15) is 0 Å². The number of likely N-dealkylation sites (tertiary alicyclic amines) is 2. The molecule has 4 nitrogen and oxygen atoms in total. The number of allylic oxidation sites excluding steroid dienone is 3. The summed E-state index contributed by atoms with van der Waals surface area (Å²) in [5, 5.41) is 0. The molecule has 22 heavy (non-hydrogen) atoms. The number of carbonyl (C=O) groups excluding carboxylic acids is 1. The van der Waals surface area contributed by atoms with E-state index in [0.717, 1.165) is 39.0 Å². The lowest BCUT2D eigenvalue weighted by Gasteiger charge is -2.28. The molecule has 0 spiro atoms. The second-order valence-corrected chi connectivity index (χ2v) is 7.78. The fourth-order valence-electron chi connectivity index (χ4n) is 3.80. The molecule has 1 aliphatic carbocycles. The standard InChI is InChI=1S/C18H28N2O2/c1-18(2,3)22-17(21)20-10-9-15-12-19(13-16(15)20)11-14-7-5-4-6-8-14/h4-5,7,15-16H,6,8-13H2,1-3H3. The van der Waals surface area contributed by atoms with Crippen LogP contribution < -0.4 is 0 Å². The highest BCUT2D eigenvalue weighted by atomic mass is 16.6. The fraction of sp³-hybridized carbons (Fsp3) is 0.722. The van der Waals surface area contributed by atoms with E-state index < -0.39 is 5.60 Å². The van der Waals surface area contributed by atoms with Gasteiger partial charge >= 0.3 is 6.09 Å². The van der Waals surface area contributed by atoms with E-state index in [2.05, 4.69) is 23.1 Å². The van der Waals surface area contributed by atoms with E-state index in [1.165, 1.54) is 12.0 Å². The third-order valence-electron chi connectivity index (χ3n) is 4.78. The molecule has 2 fully saturated rings. The summed E-state index contributed by atoms with van der Waals surface area (Å²) in [5.41, 5.74) is 1.11. The van der Waals surface area contributed by atoms with Gasteiger partial charge in [-0.1, -0.05) is 23.8 Å². The zero-order chi connectivity index (χ0) is 15.7. The Balaban J connectivity index is 1.57. The van der Waals surface area contributed by atoms with Gasteiger partial charge in [0.25, 0.3) is 0 Å². The molecular weight excluding hydrogens is 276 g/mol. The van der Waals surface area contributed by atoms with Gasteiger partial charge in [-0.25, -0.2) is 4.79 Å². The van der Waals surface area contributed by atoms with Crippen LogP contribution in [-0.2, 0) is 4.74 Å². The topological polar surface area (TPSA) is 32.8 Å². The minimum atomic E-state index is -0.410. The van der Waals surface area contributed by atoms with Gasteiger partial charge in [-0.15, -0.1) is 0 Å². The number of rotatable bonds is 2. The van der Waals surface area contributed by atoms with Gasteiger partial charge in [0.15, 0.2) is 0 Å². The molecule has 2 atom stereocenters. The maximum absolute atomic E-state index is 12.4. The van der Waals surface area contributed by atoms with Crippen LogP contribution in [-0.4, -0.2) is 53.7 Å². The highest BCUT2D eigenvalue weighted by Gasteiger charge is 2.44. The molecule has 2 aliphatic heterocycles. The van der Waals surface area contributed by atoms with Crippen molar-refractivity contribution in [2.45, 2.75) is 51.7 Å². The lowest BCUT2D eigenvalue weighted by Crippen LogP contribution is -2.42. The maximum Gasteiger partial charge on any atom is 0.410 e. The van der Waals surface area contributed by atoms with Gasteiger partial charge in [0.2, 0.25) is 0 Å². The van der Waals surface area contributed by atoms with Crippen LogP contribution in [0.1, 0.15) is 40.0 Å².